The first kappa shape index (κ1) is 19.4. The number of fused-ring (bicyclic) bond motifs is 3. The Hall–Kier alpha value is -2.87. The van der Waals surface area contributed by atoms with E-state index in [0.717, 1.165) is 0 Å². The molecule has 7 nitrogen and oxygen atoms in total. The lowest BCUT2D eigenvalue weighted by atomic mass is 9.95. The molecule has 4 rings (SSSR count). The fourth-order valence-electron chi connectivity index (χ4n) is 3.80. The molecule has 0 aliphatic carbocycles. The summed E-state index contributed by atoms with van der Waals surface area (Å²) in [5.74, 6) is -2.46. The smallest absolute Gasteiger partial charge is 0.355 e. The summed E-state index contributed by atoms with van der Waals surface area (Å²) in [5, 5.41) is 10.4. The molecule has 2 aromatic rings. The highest BCUT2D eigenvalue weighted by atomic mass is 35.5. The molecule has 152 valence electrons. The van der Waals surface area contributed by atoms with Gasteiger partial charge in [0, 0.05) is 25.2 Å². The molecule has 0 saturated heterocycles. The van der Waals surface area contributed by atoms with E-state index in [2.05, 4.69) is 0 Å². The van der Waals surface area contributed by atoms with Crippen LogP contribution in [0, 0.1) is 5.82 Å². The minimum Gasteiger partial charge on any atom is -0.502 e. The van der Waals surface area contributed by atoms with Crippen LogP contribution in [0.4, 0.5) is 4.39 Å². The molecule has 9 heteroatoms. The number of hydrogen-bond donors (Lipinski definition) is 1. The molecule has 3 heterocycles. The first-order valence-corrected chi connectivity index (χ1v) is 9.65. The second-order valence-electron chi connectivity index (χ2n) is 7.08. The van der Waals surface area contributed by atoms with E-state index in [0.29, 0.717) is 24.0 Å². The average molecular weight is 421 g/mol. The van der Waals surface area contributed by atoms with Gasteiger partial charge in [-0.1, -0.05) is 17.7 Å². The predicted molar refractivity (Wildman–Crippen MR) is 102 cm³/mol. The van der Waals surface area contributed by atoms with Crippen LogP contribution in [0.3, 0.4) is 0 Å². The third kappa shape index (κ3) is 3.37. The van der Waals surface area contributed by atoms with Gasteiger partial charge in [0.05, 0.1) is 17.2 Å². The summed E-state index contributed by atoms with van der Waals surface area (Å²) in [4.78, 5) is 39.6. The maximum Gasteiger partial charge on any atom is 0.355 e. The second-order valence-corrected chi connectivity index (χ2v) is 7.48. The Labute approximate surface area is 170 Å². The van der Waals surface area contributed by atoms with Crippen molar-refractivity contribution in [2.24, 2.45) is 0 Å². The van der Waals surface area contributed by atoms with E-state index < -0.39 is 29.0 Å². The summed E-state index contributed by atoms with van der Waals surface area (Å²) in [6.07, 6.45) is 1.50. The zero-order chi connectivity index (χ0) is 20.7. The van der Waals surface area contributed by atoms with Crippen LogP contribution in [0.1, 0.15) is 44.8 Å². The van der Waals surface area contributed by atoms with Gasteiger partial charge in [0.2, 0.25) is 0 Å². The van der Waals surface area contributed by atoms with Crippen molar-refractivity contribution < 1.29 is 23.8 Å². The highest BCUT2D eigenvalue weighted by Crippen LogP contribution is 2.30. The molecule has 1 N–H and O–H groups in total. The summed E-state index contributed by atoms with van der Waals surface area (Å²) < 4.78 is 19.8. The van der Waals surface area contributed by atoms with Crippen LogP contribution >= 0.6 is 11.6 Å². The molecule has 1 aromatic heterocycles. The van der Waals surface area contributed by atoms with Gasteiger partial charge in [-0.05, 0) is 37.0 Å². The van der Waals surface area contributed by atoms with Crippen LogP contribution in [0.15, 0.2) is 23.0 Å². The van der Waals surface area contributed by atoms with Crippen LogP contribution in [0.5, 0.6) is 5.75 Å². The number of aromatic nitrogens is 1. The number of nitrogens with zero attached hydrogens (tertiary/aromatic N) is 2. The Morgan fingerprint density at radius 2 is 1.97 bits per heavy atom. The molecule has 1 amide bonds. The normalized spacial score (nSPS) is 16.6. The minimum atomic E-state index is -0.780. The first-order chi connectivity index (χ1) is 13.9. The Bertz CT molecular complexity index is 1080. The van der Waals surface area contributed by atoms with Crippen molar-refractivity contribution in [2.75, 3.05) is 13.2 Å². The second kappa shape index (κ2) is 7.51. The highest BCUT2D eigenvalue weighted by molar-refractivity contribution is 6.30. The molecule has 0 saturated carbocycles. The van der Waals surface area contributed by atoms with E-state index in [1.807, 2.05) is 0 Å². The van der Waals surface area contributed by atoms with Gasteiger partial charge in [-0.3, -0.25) is 14.2 Å². The van der Waals surface area contributed by atoms with Gasteiger partial charge >= 0.3 is 5.97 Å². The van der Waals surface area contributed by atoms with E-state index in [4.69, 9.17) is 16.3 Å². The summed E-state index contributed by atoms with van der Waals surface area (Å²) >= 11 is 5.81. The number of amides is 1. The summed E-state index contributed by atoms with van der Waals surface area (Å²) in [7, 11) is 0. The van der Waals surface area contributed by atoms with Gasteiger partial charge in [-0.25, -0.2) is 9.18 Å². The predicted octanol–water partition coefficient (Wildman–Crippen LogP) is 2.50. The molecule has 2 aliphatic rings. The Morgan fingerprint density at radius 1 is 1.17 bits per heavy atom. The average Bonchev–Trinajstić information content (AvgIpc) is 2.68. The van der Waals surface area contributed by atoms with E-state index >= 15 is 0 Å². The number of cyclic esters (lactones) is 1. The maximum absolute atomic E-state index is 13.4. The largest absolute Gasteiger partial charge is 0.502 e. The number of carbonyl (C=O) groups is 2. The van der Waals surface area contributed by atoms with Crippen molar-refractivity contribution in [3.63, 3.8) is 0 Å². The van der Waals surface area contributed by atoms with Crippen LogP contribution in [0.25, 0.3) is 0 Å². The molecule has 0 bridgehead atoms. The lowest BCUT2D eigenvalue weighted by Crippen LogP contribution is -2.41. The van der Waals surface area contributed by atoms with E-state index in [-0.39, 0.29) is 48.9 Å². The van der Waals surface area contributed by atoms with Gasteiger partial charge in [0.1, 0.15) is 11.5 Å². The number of hydrogen-bond acceptors (Lipinski definition) is 5. The zero-order valence-electron chi connectivity index (χ0n) is 15.4. The fourth-order valence-corrected chi connectivity index (χ4v) is 4.01. The van der Waals surface area contributed by atoms with Crippen molar-refractivity contribution in [3.8, 4) is 5.75 Å². The number of rotatable bonds is 2. The molecule has 0 atom stereocenters. The molecule has 0 radical (unpaired) electrons. The number of benzene rings is 1. The van der Waals surface area contributed by atoms with Crippen LogP contribution in [-0.2, 0) is 24.2 Å². The first-order valence-electron chi connectivity index (χ1n) is 9.27. The van der Waals surface area contributed by atoms with Crippen LogP contribution in [-0.4, -0.2) is 39.6 Å². The molecule has 2 aliphatic heterocycles. The van der Waals surface area contributed by atoms with Gasteiger partial charge in [0.15, 0.2) is 5.75 Å². The van der Waals surface area contributed by atoms with E-state index in [1.54, 1.807) is 0 Å². The number of pyridine rings is 1. The molecule has 0 spiro atoms. The van der Waals surface area contributed by atoms with E-state index in [1.165, 1.54) is 27.7 Å². The Balaban J connectivity index is 1.76. The fraction of sp³-hybridized carbons (Fsp3) is 0.350. The number of halogens is 2. The molecule has 0 unspecified atom stereocenters. The maximum atomic E-state index is 13.4. The van der Waals surface area contributed by atoms with Crippen LogP contribution < -0.4 is 5.56 Å². The molecule has 0 fully saturated rings. The van der Waals surface area contributed by atoms with Crippen molar-refractivity contribution in [1.82, 2.24) is 9.47 Å². The summed E-state index contributed by atoms with van der Waals surface area (Å²) in [5.41, 5.74) is 0.0265. The van der Waals surface area contributed by atoms with Crippen molar-refractivity contribution in [3.05, 3.63) is 61.8 Å². The summed E-state index contributed by atoms with van der Waals surface area (Å²) in [6, 6.07) is 4.14. The Kier molecular flexibility index (Phi) is 5.04. The lowest BCUT2D eigenvalue weighted by Gasteiger charge is -2.31. The zero-order valence-corrected chi connectivity index (χ0v) is 16.2. The van der Waals surface area contributed by atoms with Crippen LogP contribution in [0.2, 0.25) is 5.02 Å². The number of carbonyl (C=O) groups excluding carboxylic acids is 2. The van der Waals surface area contributed by atoms with Gasteiger partial charge in [-0.15, -0.1) is 0 Å². The van der Waals surface area contributed by atoms with Crippen molar-refractivity contribution in [1.29, 1.82) is 0 Å². The van der Waals surface area contributed by atoms with Gasteiger partial charge in [0.25, 0.3) is 11.5 Å². The molecular formula is C20H18ClFN2O5. The summed E-state index contributed by atoms with van der Waals surface area (Å²) in [6.45, 7) is 0.906. The minimum absolute atomic E-state index is 0.0420. The third-order valence-electron chi connectivity index (χ3n) is 5.23. The highest BCUT2D eigenvalue weighted by Gasteiger charge is 2.35. The van der Waals surface area contributed by atoms with Gasteiger partial charge in [-0.2, -0.15) is 0 Å². The standard InChI is InChI=1S/C20H18ClFN2O5/c21-13-9-11(3-4-14(13)22)10-23-7-5-12-15(18(23)26)17(25)19(27)24-6-1-2-8-29-20(28)16(12)24/h3-4,9,25H,1-2,5-8,10H2. The molecule has 1 aromatic carbocycles. The van der Waals surface area contributed by atoms with E-state index in [9.17, 15) is 23.9 Å². The third-order valence-corrected chi connectivity index (χ3v) is 5.52. The molecule has 29 heavy (non-hydrogen) atoms. The quantitative estimate of drug-likeness (QED) is 0.754. The van der Waals surface area contributed by atoms with Crippen molar-refractivity contribution >= 4 is 23.5 Å². The number of aromatic hydroxyl groups is 1. The topological polar surface area (TPSA) is 88.8 Å². The monoisotopic (exact) mass is 420 g/mol. The van der Waals surface area contributed by atoms with Gasteiger partial charge < -0.3 is 14.7 Å². The SMILES string of the molecule is O=C1OCCCCn2c1c1c(c(O)c2=O)C(=O)N(Cc2ccc(F)c(Cl)c2)CC1. The molecular weight excluding hydrogens is 403 g/mol. The Morgan fingerprint density at radius 3 is 2.72 bits per heavy atom. The number of esters is 1. The number of ether oxygens (including phenoxy) is 1. The van der Waals surface area contributed by atoms with Crippen molar-refractivity contribution in [2.45, 2.75) is 32.4 Å². The lowest BCUT2D eigenvalue weighted by molar-refractivity contribution is 0.0463.